The van der Waals surface area contributed by atoms with Crippen LogP contribution in [0.3, 0.4) is 0 Å². The van der Waals surface area contributed by atoms with E-state index in [4.69, 9.17) is 28.5 Å². The summed E-state index contributed by atoms with van der Waals surface area (Å²) >= 11 is 11.7. The average molecular weight is 254 g/mol. The molecule has 16 heavy (non-hydrogen) atoms. The van der Waals surface area contributed by atoms with Gasteiger partial charge in [0.2, 0.25) is 0 Å². The van der Waals surface area contributed by atoms with Crippen LogP contribution >= 0.6 is 23.2 Å². The molecular weight excluding hydrogens is 245 g/mol. The van der Waals surface area contributed by atoms with Gasteiger partial charge in [0.05, 0.1) is 5.57 Å². The van der Waals surface area contributed by atoms with Crippen LogP contribution in [0.5, 0.6) is 0 Å². The van der Waals surface area contributed by atoms with E-state index in [2.05, 4.69) is 0 Å². The molecule has 0 fully saturated rings. The Labute approximate surface area is 104 Å². The van der Waals surface area contributed by atoms with Gasteiger partial charge in [-0.2, -0.15) is 5.26 Å². The first-order chi connectivity index (χ1) is 7.58. The van der Waals surface area contributed by atoms with Crippen LogP contribution in [0.25, 0.3) is 6.08 Å². The van der Waals surface area contributed by atoms with Crippen LogP contribution in [0.2, 0.25) is 10.0 Å². The van der Waals surface area contributed by atoms with Crippen LogP contribution in [0, 0.1) is 11.3 Å². The predicted octanol–water partition coefficient (Wildman–Crippen LogP) is 3.88. The number of allylic oxidation sites excluding steroid dienone is 1. The Balaban J connectivity index is 3.15. The number of carbonyl (C=O) groups excluding carboxylic acids is 1. The highest BCUT2D eigenvalue weighted by Crippen LogP contribution is 2.23. The van der Waals surface area contributed by atoms with Gasteiger partial charge in [0.25, 0.3) is 0 Å². The van der Waals surface area contributed by atoms with Crippen molar-refractivity contribution >= 4 is 35.1 Å². The van der Waals surface area contributed by atoms with E-state index in [9.17, 15) is 4.79 Å². The zero-order valence-corrected chi connectivity index (χ0v) is 10.1. The Morgan fingerprint density at radius 2 is 2.19 bits per heavy atom. The minimum atomic E-state index is -0.200. The summed E-state index contributed by atoms with van der Waals surface area (Å²) in [5, 5.41) is 9.76. The Morgan fingerprint density at radius 3 is 2.69 bits per heavy atom. The molecule has 0 aliphatic carbocycles. The molecule has 1 aromatic carbocycles. The SMILES string of the molecule is CCC(=O)/C(C#N)=C\c1ccc(Cl)cc1Cl. The summed E-state index contributed by atoms with van der Waals surface area (Å²) in [6, 6.07) is 6.76. The molecule has 0 N–H and O–H groups in total. The van der Waals surface area contributed by atoms with E-state index < -0.39 is 0 Å². The van der Waals surface area contributed by atoms with Gasteiger partial charge < -0.3 is 0 Å². The minimum Gasteiger partial charge on any atom is -0.293 e. The second-order valence-corrected chi connectivity index (χ2v) is 3.96. The summed E-state index contributed by atoms with van der Waals surface area (Å²) in [7, 11) is 0. The van der Waals surface area contributed by atoms with Crippen LogP contribution in [-0.2, 0) is 4.79 Å². The number of hydrogen-bond acceptors (Lipinski definition) is 2. The summed E-state index contributed by atoms with van der Waals surface area (Å²) in [6.45, 7) is 1.71. The quantitative estimate of drug-likeness (QED) is 0.606. The molecule has 0 spiro atoms. The van der Waals surface area contributed by atoms with Gasteiger partial charge >= 0.3 is 0 Å². The summed E-state index contributed by atoms with van der Waals surface area (Å²) in [5.41, 5.74) is 0.719. The Hall–Kier alpha value is -1.30. The molecule has 0 unspecified atom stereocenters. The lowest BCUT2D eigenvalue weighted by Gasteiger charge is -2.00. The van der Waals surface area contributed by atoms with Crippen LogP contribution in [0.1, 0.15) is 18.9 Å². The molecule has 4 heteroatoms. The molecule has 0 heterocycles. The molecule has 1 rings (SSSR count). The maximum absolute atomic E-state index is 11.4. The van der Waals surface area contributed by atoms with E-state index in [1.807, 2.05) is 6.07 Å². The van der Waals surface area contributed by atoms with Crippen molar-refractivity contribution in [1.82, 2.24) is 0 Å². The molecule has 0 saturated heterocycles. The predicted molar refractivity (Wildman–Crippen MR) is 65.4 cm³/mol. The number of nitrogens with zero attached hydrogens (tertiary/aromatic N) is 1. The third-order valence-electron chi connectivity index (χ3n) is 2.00. The molecule has 0 radical (unpaired) electrons. The summed E-state index contributed by atoms with van der Waals surface area (Å²) in [4.78, 5) is 11.4. The normalized spacial score (nSPS) is 11.0. The van der Waals surface area contributed by atoms with Crippen LogP contribution < -0.4 is 0 Å². The molecule has 0 atom stereocenters. The topological polar surface area (TPSA) is 40.9 Å². The average Bonchev–Trinajstić information content (AvgIpc) is 2.27. The van der Waals surface area contributed by atoms with Gasteiger partial charge in [0.15, 0.2) is 5.78 Å². The van der Waals surface area contributed by atoms with E-state index in [0.717, 1.165) is 0 Å². The number of ketones is 1. The molecule has 0 aliphatic rings. The largest absolute Gasteiger partial charge is 0.293 e. The van der Waals surface area contributed by atoms with Crippen molar-refractivity contribution in [3.05, 3.63) is 39.4 Å². The highest BCUT2D eigenvalue weighted by Gasteiger charge is 2.07. The van der Waals surface area contributed by atoms with Gasteiger partial charge in [-0.1, -0.05) is 36.2 Å². The highest BCUT2D eigenvalue weighted by atomic mass is 35.5. The number of Topliss-reactive ketones (excluding diaryl/α,β-unsaturated/α-hetero) is 1. The van der Waals surface area contributed by atoms with Crippen molar-refractivity contribution in [1.29, 1.82) is 5.26 Å². The smallest absolute Gasteiger partial charge is 0.173 e. The fraction of sp³-hybridized carbons (Fsp3) is 0.167. The molecule has 0 aromatic heterocycles. The van der Waals surface area contributed by atoms with Gasteiger partial charge in [-0.15, -0.1) is 0 Å². The van der Waals surface area contributed by atoms with Crippen LogP contribution in [-0.4, -0.2) is 5.78 Å². The van der Waals surface area contributed by atoms with E-state index in [1.165, 1.54) is 6.08 Å². The maximum atomic E-state index is 11.4. The third-order valence-corrected chi connectivity index (χ3v) is 2.57. The fourth-order valence-corrected chi connectivity index (χ4v) is 1.60. The van der Waals surface area contributed by atoms with E-state index in [0.29, 0.717) is 22.0 Å². The van der Waals surface area contributed by atoms with E-state index >= 15 is 0 Å². The Morgan fingerprint density at radius 1 is 1.50 bits per heavy atom. The molecule has 2 nitrogen and oxygen atoms in total. The second kappa shape index (κ2) is 5.69. The lowest BCUT2D eigenvalue weighted by molar-refractivity contribution is -0.114. The molecule has 82 valence electrons. The van der Waals surface area contributed by atoms with E-state index in [1.54, 1.807) is 25.1 Å². The monoisotopic (exact) mass is 253 g/mol. The standard InChI is InChI=1S/C12H9Cl2NO/c1-2-12(16)9(7-15)5-8-3-4-10(13)6-11(8)14/h3-6H,2H2,1H3/b9-5-. The van der Waals surface area contributed by atoms with Gasteiger partial charge in [-0.25, -0.2) is 0 Å². The molecule has 0 saturated carbocycles. The van der Waals surface area contributed by atoms with Crippen molar-refractivity contribution < 1.29 is 4.79 Å². The van der Waals surface area contributed by atoms with Crippen molar-refractivity contribution in [3.63, 3.8) is 0 Å². The molecule has 0 amide bonds. The van der Waals surface area contributed by atoms with Crippen molar-refractivity contribution in [2.45, 2.75) is 13.3 Å². The van der Waals surface area contributed by atoms with E-state index in [-0.39, 0.29) is 11.4 Å². The number of halogens is 2. The minimum absolute atomic E-state index is 0.103. The van der Waals surface area contributed by atoms with Crippen LogP contribution in [0.4, 0.5) is 0 Å². The molecule has 0 aliphatic heterocycles. The molecule has 0 bridgehead atoms. The summed E-state index contributed by atoms with van der Waals surface area (Å²) in [6.07, 6.45) is 1.77. The van der Waals surface area contributed by atoms with Gasteiger partial charge in [0.1, 0.15) is 6.07 Å². The number of nitriles is 1. The number of benzene rings is 1. The van der Waals surface area contributed by atoms with Crippen molar-refractivity contribution in [3.8, 4) is 6.07 Å². The first-order valence-electron chi connectivity index (χ1n) is 4.68. The highest BCUT2D eigenvalue weighted by molar-refractivity contribution is 6.35. The molecular formula is C12H9Cl2NO. The Kier molecular flexibility index (Phi) is 4.54. The van der Waals surface area contributed by atoms with Gasteiger partial charge in [0, 0.05) is 16.5 Å². The fourth-order valence-electron chi connectivity index (χ4n) is 1.14. The third kappa shape index (κ3) is 3.10. The van der Waals surface area contributed by atoms with Crippen molar-refractivity contribution in [2.75, 3.05) is 0 Å². The lowest BCUT2D eigenvalue weighted by atomic mass is 10.1. The number of hydrogen-bond donors (Lipinski definition) is 0. The summed E-state index contributed by atoms with van der Waals surface area (Å²) < 4.78 is 0. The van der Waals surface area contributed by atoms with Gasteiger partial charge in [-0.05, 0) is 23.8 Å². The van der Waals surface area contributed by atoms with Crippen molar-refractivity contribution in [2.24, 2.45) is 0 Å². The van der Waals surface area contributed by atoms with Crippen LogP contribution in [0.15, 0.2) is 23.8 Å². The second-order valence-electron chi connectivity index (χ2n) is 3.11. The number of rotatable bonds is 3. The number of carbonyl (C=O) groups is 1. The summed E-state index contributed by atoms with van der Waals surface area (Å²) in [5.74, 6) is -0.200. The zero-order chi connectivity index (χ0) is 12.1. The maximum Gasteiger partial charge on any atom is 0.173 e. The first-order valence-corrected chi connectivity index (χ1v) is 5.44. The Bertz CT molecular complexity index is 486. The van der Waals surface area contributed by atoms with Gasteiger partial charge in [-0.3, -0.25) is 4.79 Å². The lowest BCUT2D eigenvalue weighted by Crippen LogP contribution is -1.97. The first kappa shape index (κ1) is 12.8. The molecule has 1 aromatic rings. The zero-order valence-electron chi connectivity index (χ0n) is 8.63.